The second kappa shape index (κ2) is 5.80. The van der Waals surface area contributed by atoms with Crippen LogP contribution in [-0.2, 0) is 11.3 Å². The molecular weight excluding hydrogens is 260 g/mol. The molecular formula is C18H26N2O. The molecule has 2 aliphatic heterocycles. The lowest BCUT2D eigenvalue weighted by atomic mass is 9.95. The lowest BCUT2D eigenvalue weighted by molar-refractivity contribution is -0.129. The van der Waals surface area contributed by atoms with Gasteiger partial charge in [-0.05, 0) is 37.7 Å². The second-order valence-electron chi connectivity index (χ2n) is 6.87. The Hall–Kier alpha value is -1.35. The summed E-state index contributed by atoms with van der Waals surface area (Å²) >= 11 is 0. The van der Waals surface area contributed by atoms with E-state index in [0.29, 0.717) is 6.04 Å². The van der Waals surface area contributed by atoms with E-state index < -0.39 is 0 Å². The molecule has 2 saturated heterocycles. The molecule has 114 valence electrons. The lowest BCUT2D eigenvalue weighted by Gasteiger charge is -2.45. The van der Waals surface area contributed by atoms with Gasteiger partial charge in [-0.15, -0.1) is 0 Å². The number of piperidine rings is 1. The summed E-state index contributed by atoms with van der Waals surface area (Å²) < 4.78 is 0. The minimum atomic E-state index is -0.0971. The van der Waals surface area contributed by atoms with Crippen molar-refractivity contribution >= 4 is 5.91 Å². The fourth-order valence-electron chi connectivity index (χ4n) is 3.88. The molecule has 0 spiro atoms. The van der Waals surface area contributed by atoms with Crippen molar-refractivity contribution < 1.29 is 4.79 Å². The first-order valence-electron chi connectivity index (χ1n) is 8.23. The summed E-state index contributed by atoms with van der Waals surface area (Å²) in [7, 11) is 0. The van der Waals surface area contributed by atoms with Crippen molar-refractivity contribution in [2.24, 2.45) is 5.92 Å². The average Bonchev–Trinajstić information content (AvgIpc) is 2.67. The molecule has 1 amide bonds. The Balaban J connectivity index is 1.81. The third-order valence-corrected chi connectivity index (χ3v) is 5.09. The third kappa shape index (κ3) is 2.84. The Labute approximate surface area is 127 Å². The zero-order chi connectivity index (χ0) is 14.9. The van der Waals surface area contributed by atoms with E-state index in [1.54, 1.807) is 0 Å². The summed E-state index contributed by atoms with van der Waals surface area (Å²) in [6.07, 6.45) is 5.91. The van der Waals surface area contributed by atoms with Crippen LogP contribution in [0.25, 0.3) is 0 Å². The summed E-state index contributed by atoms with van der Waals surface area (Å²) in [6.45, 7) is 4.90. The second-order valence-corrected chi connectivity index (χ2v) is 6.87. The minimum absolute atomic E-state index is 0.0546. The third-order valence-electron chi connectivity index (χ3n) is 5.09. The Bertz CT molecular complexity index is 495. The van der Waals surface area contributed by atoms with Crippen molar-refractivity contribution in [3.05, 3.63) is 35.9 Å². The molecule has 2 atom stereocenters. The summed E-state index contributed by atoms with van der Waals surface area (Å²) in [5.41, 5.74) is 1.24. The topological polar surface area (TPSA) is 32.3 Å². The van der Waals surface area contributed by atoms with Crippen LogP contribution in [0.1, 0.15) is 51.5 Å². The predicted octanol–water partition coefficient (Wildman–Crippen LogP) is 3.30. The van der Waals surface area contributed by atoms with Gasteiger partial charge in [-0.1, -0.05) is 44.2 Å². The van der Waals surface area contributed by atoms with E-state index in [-0.39, 0.29) is 17.5 Å². The highest BCUT2D eigenvalue weighted by atomic mass is 16.2. The predicted molar refractivity (Wildman–Crippen MR) is 84.6 cm³/mol. The zero-order valence-corrected chi connectivity index (χ0v) is 13.1. The van der Waals surface area contributed by atoms with Gasteiger partial charge < -0.3 is 5.32 Å². The molecule has 1 aromatic rings. The Morgan fingerprint density at radius 3 is 2.76 bits per heavy atom. The number of amides is 1. The monoisotopic (exact) mass is 286 g/mol. The highest BCUT2D eigenvalue weighted by Crippen LogP contribution is 2.43. The van der Waals surface area contributed by atoms with Crippen LogP contribution in [0.4, 0.5) is 0 Å². The summed E-state index contributed by atoms with van der Waals surface area (Å²) in [5, 5.41) is 3.38. The Morgan fingerprint density at radius 1 is 1.29 bits per heavy atom. The summed E-state index contributed by atoms with van der Waals surface area (Å²) in [4.78, 5) is 14.8. The van der Waals surface area contributed by atoms with Gasteiger partial charge in [0, 0.05) is 18.5 Å². The fraction of sp³-hybridized carbons (Fsp3) is 0.611. The van der Waals surface area contributed by atoms with Gasteiger partial charge in [-0.3, -0.25) is 9.69 Å². The number of carbonyl (C=O) groups is 1. The van der Waals surface area contributed by atoms with Gasteiger partial charge in [-0.2, -0.15) is 0 Å². The highest BCUT2D eigenvalue weighted by Gasteiger charge is 2.49. The fourth-order valence-corrected chi connectivity index (χ4v) is 3.88. The van der Waals surface area contributed by atoms with E-state index in [1.807, 2.05) is 13.8 Å². The number of nitrogens with zero attached hydrogens (tertiary/aromatic N) is 1. The van der Waals surface area contributed by atoms with Gasteiger partial charge in [-0.25, -0.2) is 0 Å². The molecule has 0 saturated carbocycles. The van der Waals surface area contributed by atoms with Crippen LogP contribution < -0.4 is 5.32 Å². The molecule has 2 fully saturated rings. The molecule has 1 N–H and O–H groups in total. The Morgan fingerprint density at radius 2 is 2.05 bits per heavy atom. The van der Waals surface area contributed by atoms with Crippen LogP contribution in [0.5, 0.6) is 0 Å². The largest absolute Gasteiger partial charge is 0.338 e. The van der Waals surface area contributed by atoms with Crippen molar-refractivity contribution in [1.29, 1.82) is 0 Å². The molecule has 21 heavy (non-hydrogen) atoms. The molecule has 0 aliphatic carbocycles. The van der Waals surface area contributed by atoms with Crippen LogP contribution in [-0.4, -0.2) is 22.5 Å². The molecule has 0 aromatic heterocycles. The van der Waals surface area contributed by atoms with Gasteiger partial charge in [0.2, 0.25) is 5.91 Å². The smallest absolute Gasteiger partial charge is 0.223 e. The highest BCUT2D eigenvalue weighted by molar-refractivity contribution is 5.78. The van der Waals surface area contributed by atoms with E-state index in [4.69, 9.17) is 0 Å². The summed E-state index contributed by atoms with van der Waals surface area (Å²) in [6, 6.07) is 11.3. The first-order valence-corrected chi connectivity index (χ1v) is 8.23. The molecule has 1 aromatic carbocycles. The van der Waals surface area contributed by atoms with Crippen LogP contribution in [0.3, 0.4) is 0 Å². The van der Waals surface area contributed by atoms with Gasteiger partial charge in [0.05, 0.1) is 5.66 Å². The van der Waals surface area contributed by atoms with Gasteiger partial charge in [0.15, 0.2) is 0 Å². The SMILES string of the molecule is CC(C)C(=O)NC12CCCC(CC1)N2Cc1ccccc1. The molecule has 3 rings (SSSR count). The standard InChI is InChI=1S/C18H26N2O/c1-14(2)17(21)19-18-11-6-9-16(10-12-18)20(18)13-15-7-4-3-5-8-15/h3-5,7-8,14,16H,6,9-13H2,1-2H3,(H,19,21). The van der Waals surface area contributed by atoms with E-state index in [0.717, 1.165) is 19.4 Å². The number of fused-ring (bicyclic) bond motifs is 2. The molecule has 2 aliphatic rings. The zero-order valence-electron chi connectivity index (χ0n) is 13.1. The maximum absolute atomic E-state index is 12.3. The first-order chi connectivity index (χ1) is 10.1. The number of hydrogen-bond donors (Lipinski definition) is 1. The van der Waals surface area contributed by atoms with Gasteiger partial charge >= 0.3 is 0 Å². The number of rotatable bonds is 4. The summed E-state index contributed by atoms with van der Waals surface area (Å²) in [5.74, 6) is 0.245. The van der Waals surface area contributed by atoms with Crippen molar-refractivity contribution in [2.45, 2.75) is 64.2 Å². The molecule has 2 unspecified atom stereocenters. The quantitative estimate of drug-likeness (QED) is 0.921. The van der Waals surface area contributed by atoms with Crippen molar-refractivity contribution in [2.75, 3.05) is 0 Å². The lowest BCUT2D eigenvalue weighted by Crippen LogP contribution is -2.61. The van der Waals surface area contributed by atoms with Crippen LogP contribution in [0, 0.1) is 5.92 Å². The van der Waals surface area contributed by atoms with Crippen LogP contribution in [0.15, 0.2) is 30.3 Å². The first kappa shape index (κ1) is 14.6. The number of benzene rings is 1. The molecule has 3 nitrogen and oxygen atoms in total. The van der Waals surface area contributed by atoms with Crippen molar-refractivity contribution in [3.8, 4) is 0 Å². The molecule has 2 bridgehead atoms. The molecule has 3 heteroatoms. The normalized spacial score (nSPS) is 28.8. The minimum Gasteiger partial charge on any atom is -0.338 e. The molecule has 0 radical (unpaired) electrons. The van der Waals surface area contributed by atoms with Crippen molar-refractivity contribution in [1.82, 2.24) is 10.2 Å². The average molecular weight is 286 g/mol. The number of carbonyl (C=O) groups excluding carboxylic acids is 1. The van der Waals surface area contributed by atoms with E-state index in [2.05, 4.69) is 40.5 Å². The van der Waals surface area contributed by atoms with Crippen molar-refractivity contribution in [3.63, 3.8) is 0 Å². The Kier molecular flexibility index (Phi) is 4.03. The molecule has 2 heterocycles. The van der Waals surface area contributed by atoms with E-state index >= 15 is 0 Å². The maximum atomic E-state index is 12.3. The number of hydrogen-bond acceptors (Lipinski definition) is 2. The van der Waals surface area contributed by atoms with Gasteiger partial charge in [0.25, 0.3) is 0 Å². The maximum Gasteiger partial charge on any atom is 0.223 e. The van der Waals surface area contributed by atoms with E-state index in [9.17, 15) is 4.79 Å². The van der Waals surface area contributed by atoms with Crippen LogP contribution in [0.2, 0.25) is 0 Å². The van der Waals surface area contributed by atoms with Crippen LogP contribution >= 0.6 is 0 Å². The number of nitrogens with one attached hydrogen (secondary N) is 1. The van der Waals surface area contributed by atoms with E-state index in [1.165, 1.54) is 24.8 Å². The van der Waals surface area contributed by atoms with Gasteiger partial charge in [0.1, 0.15) is 0 Å².